The van der Waals surface area contributed by atoms with Gasteiger partial charge in [-0.05, 0) is 33.1 Å². The number of nitrogens with zero attached hydrogens (tertiary/aromatic N) is 1. The molecule has 19 heavy (non-hydrogen) atoms. The van der Waals surface area contributed by atoms with Crippen LogP contribution in [0.3, 0.4) is 0 Å². The van der Waals surface area contributed by atoms with Crippen LogP contribution in [0.1, 0.15) is 48.0 Å². The maximum Gasteiger partial charge on any atom is 0.343 e. The molecule has 1 aromatic rings. The van der Waals surface area contributed by atoms with Gasteiger partial charge in [0.1, 0.15) is 17.0 Å². The Morgan fingerprint density at radius 3 is 3.00 bits per heavy atom. The normalized spacial score (nSPS) is 19.4. The summed E-state index contributed by atoms with van der Waals surface area (Å²) in [5.74, 6) is 0.0195. The number of aryl methyl sites for hydroxylation is 1. The fraction of sp³-hybridized carbons (Fsp3) is 0.692. The van der Waals surface area contributed by atoms with E-state index in [9.17, 15) is 4.79 Å². The zero-order chi connectivity index (χ0) is 13.7. The molecule has 1 atom stereocenters. The maximum absolute atomic E-state index is 11.8. The molecule has 2 rings (SSSR count). The van der Waals surface area contributed by atoms with Crippen LogP contribution in [0.2, 0.25) is 0 Å². The van der Waals surface area contributed by atoms with Gasteiger partial charge in [-0.1, -0.05) is 5.16 Å². The van der Waals surface area contributed by atoms with Crippen LogP contribution in [-0.2, 0) is 20.8 Å². The van der Waals surface area contributed by atoms with E-state index in [4.69, 9.17) is 18.7 Å². The summed E-state index contributed by atoms with van der Waals surface area (Å²) in [7, 11) is 0. The van der Waals surface area contributed by atoms with Crippen molar-refractivity contribution < 1.29 is 23.5 Å². The Morgan fingerprint density at radius 1 is 1.47 bits per heavy atom. The third kappa shape index (κ3) is 3.54. The first-order valence-electron chi connectivity index (χ1n) is 6.57. The minimum absolute atomic E-state index is 0.191. The molecule has 0 N–H and O–H groups in total. The minimum Gasteiger partial charge on any atom is -0.462 e. The molecule has 0 radical (unpaired) electrons. The molecule has 1 aliphatic rings. The minimum atomic E-state index is -0.426. The van der Waals surface area contributed by atoms with E-state index in [2.05, 4.69) is 5.16 Å². The van der Waals surface area contributed by atoms with Gasteiger partial charge in [-0.2, -0.15) is 0 Å². The molecule has 6 heteroatoms. The molecule has 1 aliphatic heterocycles. The smallest absolute Gasteiger partial charge is 0.343 e. The average Bonchev–Trinajstić information content (AvgIpc) is 2.79. The van der Waals surface area contributed by atoms with E-state index in [0.717, 1.165) is 19.3 Å². The first-order chi connectivity index (χ1) is 9.22. The van der Waals surface area contributed by atoms with Crippen LogP contribution >= 0.6 is 0 Å². The molecule has 1 saturated heterocycles. The molecule has 0 saturated carbocycles. The summed E-state index contributed by atoms with van der Waals surface area (Å²) < 4.78 is 21.1. The number of carbonyl (C=O) groups excluding carboxylic acids is 1. The molecule has 0 aromatic carbocycles. The number of aromatic nitrogens is 1. The Balaban J connectivity index is 1.97. The van der Waals surface area contributed by atoms with Crippen LogP contribution in [0.4, 0.5) is 0 Å². The second-order valence-electron chi connectivity index (χ2n) is 4.39. The SMILES string of the molecule is CCOC(=O)c1c(COC2CCCCO2)noc1C. The molecule has 1 aromatic heterocycles. The van der Waals surface area contributed by atoms with Crippen LogP contribution in [-0.4, -0.2) is 30.6 Å². The number of esters is 1. The van der Waals surface area contributed by atoms with E-state index in [1.54, 1.807) is 13.8 Å². The number of hydrogen-bond donors (Lipinski definition) is 0. The zero-order valence-electron chi connectivity index (χ0n) is 11.3. The third-order valence-corrected chi connectivity index (χ3v) is 2.96. The Morgan fingerprint density at radius 2 is 2.32 bits per heavy atom. The van der Waals surface area contributed by atoms with E-state index in [1.165, 1.54) is 0 Å². The lowest BCUT2D eigenvalue weighted by molar-refractivity contribution is -0.169. The van der Waals surface area contributed by atoms with Crippen molar-refractivity contribution in [3.8, 4) is 0 Å². The van der Waals surface area contributed by atoms with Gasteiger partial charge in [-0.25, -0.2) is 4.79 Å². The highest BCUT2D eigenvalue weighted by Crippen LogP contribution is 2.19. The molecule has 2 heterocycles. The molecule has 6 nitrogen and oxygen atoms in total. The van der Waals surface area contributed by atoms with Crippen molar-refractivity contribution in [1.29, 1.82) is 0 Å². The summed E-state index contributed by atoms with van der Waals surface area (Å²) in [6, 6.07) is 0. The Bertz CT molecular complexity index is 423. The van der Waals surface area contributed by atoms with E-state index < -0.39 is 5.97 Å². The molecule has 106 valence electrons. The van der Waals surface area contributed by atoms with Gasteiger partial charge in [0, 0.05) is 6.61 Å². The van der Waals surface area contributed by atoms with Gasteiger partial charge < -0.3 is 18.7 Å². The Kier molecular flexibility index (Phi) is 4.93. The maximum atomic E-state index is 11.8. The van der Waals surface area contributed by atoms with Crippen LogP contribution in [0.5, 0.6) is 0 Å². The van der Waals surface area contributed by atoms with Crippen molar-refractivity contribution in [3.05, 3.63) is 17.0 Å². The monoisotopic (exact) mass is 269 g/mol. The third-order valence-electron chi connectivity index (χ3n) is 2.96. The number of ether oxygens (including phenoxy) is 3. The summed E-state index contributed by atoms with van der Waals surface area (Å²) in [6.07, 6.45) is 2.80. The standard InChI is InChI=1S/C13H19NO5/c1-3-16-13(15)12-9(2)19-14-10(12)8-18-11-6-4-5-7-17-11/h11H,3-8H2,1-2H3. The Labute approximate surface area is 112 Å². The van der Waals surface area contributed by atoms with E-state index in [1.807, 2.05) is 0 Å². The van der Waals surface area contributed by atoms with Crippen LogP contribution in [0.15, 0.2) is 4.52 Å². The summed E-state index contributed by atoms with van der Waals surface area (Å²) in [5.41, 5.74) is 0.822. The van der Waals surface area contributed by atoms with Gasteiger partial charge in [-0.15, -0.1) is 0 Å². The van der Waals surface area contributed by atoms with Gasteiger partial charge in [0.2, 0.25) is 0 Å². The van der Waals surface area contributed by atoms with Crippen molar-refractivity contribution >= 4 is 5.97 Å². The molecular formula is C13H19NO5. The molecule has 0 spiro atoms. The van der Waals surface area contributed by atoms with Crippen molar-refractivity contribution in [2.75, 3.05) is 13.2 Å². The predicted octanol–water partition coefficient (Wildman–Crippen LogP) is 2.20. The highest BCUT2D eigenvalue weighted by atomic mass is 16.7. The van der Waals surface area contributed by atoms with E-state index in [-0.39, 0.29) is 12.9 Å². The second-order valence-corrected chi connectivity index (χ2v) is 4.39. The van der Waals surface area contributed by atoms with Gasteiger partial charge in [0.05, 0.1) is 13.2 Å². The summed E-state index contributed by atoms with van der Waals surface area (Å²) in [4.78, 5) is 11.8. The van der Waals surface area contributed by atoms with Gasteiger partial charge in [0.25, 0.3) is 0 Å². The summed E-state index contributed by atoms with van der Waals surface area (Å²) in [5, 5.41) is 3.85. The topological polar surface area (TPSA) is 70.8 Å². The molecule has 0 amide bonds. The first-order valence-corrected chi connectivity index (χ1v) is 6.57. The highest BCUT2D eigenvalue weighted by Gasteiger charge is 2.23. The lowest BCUT2D eigenvalue weighted by Crippen LogP contribution is -2.22. The largest absolute Gasteiger partial charge is 0.462 e. The lowest BCUT2D eigenvalue weighted by Gasteiger charge is -2.22. The zero-order valence-corrected chi connectivity index (χ0v) is 11.3. The quantitative estimate of drug-likeness (QED) is 0.763. The average molecular weight is 269 g/mol. The van der Waals surface area contributed by atoms with Gasteiger partial charge in [-0.3, -0.25) is 0 Å². The fourth-order valence-electron chi connectivity index (χ4n) is 2.00. The lowest BCUT2D eigenvalue weighted by atomic mass is 10.2. The van der Waals surface area contributed by atoms with Crippen molar-refractivity contribution in [2.45, 2.75) is 46.0 Å². The molecular weight excluding hydrogens is 250 g/mol. The van der Waals surface area contributed by atoms with Crippen LogP contribution in [0, 0.1) is 6.92 Å². The predicted molar refractivity (Wildman–Crippen MR) is 65.6 cm³/mol. The second kappa shape index (κ2) is 6.68. The van der Waals surface area contributed by atoms with Crippen LogP contribution in [0.25, 0.3) is 0 Å². The number of rotatable bonds is 5. The summed E-state index contributed by atoms with van der Waals surface area (Å²) >= 11 is 0. The van der Waals surface area contributed by atoms with Crippen molar-refractivity contribution in [2.24, 2.45) is 0 Å². The summed E-state index contributed by atoms with van der Waals surface area (Å²) in [6.45, 7) is 4.66. The number of carbonyl (C=O) groups is 1. The van der Waals surface area contributed by atoms with E-state index in [0.29, 0.717) is 30.2 Å². The van der Waals surface area contributed by atoms with E-state index >= 15 is 0 Å². The van der Waals surface area contributed by atoms with Crippen LogP contribution < -0.4 is 0 Å². The molecule has 1 unspecified atom stereocenters. The molecule has 0 bridgehead atoms. The first kappa shape index (κ1) is 14.0. The van der Waals surface area contributed by atoms with Crippen molar-refractivity contribution in [3.63, 3.8) is 0 Å². The fourth-order valence-corrected chi connectivity index (χ4v) is 2.00. The molecule has 0 aliphatic carbocycles. The Hall–Kier alpha value is -1.40. The van der Waals surface area contributed by atoms with Crippen molar-refractivity contribution in [1.82, 2.24) is 5.16 Å². The number of hydrogen-bond acceptors (Lipinski definition) is 6. The highest BCUT2D eigenvalue weighted by molar-refractivity contribution is 5.91. The molecule has 1 fully saturated rings. The van der Waals surface area contributed by atoms with Gasteiger partial charge >= 0.3 is 5.97 Å². The van der Waals surface area contributed by atoms with Gasteiger partial charge in [0.15, 0.2) is 6.29 Å².